The first kappa shape index (κ1) is 19.6. The average Bonchev–Trinajstić information content (AvgIpc) is 2.85. The van der Waals surface area contributed by atoms with Crippen molar-refractivity contribution in [2.24, 2.45) is 5.92 Å². The molecule has 0 aliphatic carbocycles. The third kappa shape index (κ3) is 4.40. The number of carbonyl (C=O) groups excluding carboxylic acids is 2. The predicted octanol–water partition coefficient (Wildman–Crippen LogP) is 2.65. The Morgan fingerprint density at radius 3 is 2.33 bits per heavy atom. The largest absolute Gasteiger partial charge is 0.369 e. The number of anilines is 1. The van der Waals surface area contributed by atoms with Gasteiger partial charge in [-0.1, -0.05) is 13.8 Å². The van der Waals surface area contributed by atoms with Crippen LogP contribution in [0.1, 0.15) is 33.6 Å². The Morgan fingerprint density at radius 2 is 1.74 bits per heavy atom. The second kappa shape index (κ2) is 7.84. The molecule has 27 heavy (non-hydrogen) atoms. The molecule has 2 fully saturated rings. The summed E-state index contributed by atoms with van der Waals surface area (Å²) in [6, 6.07) is 6.19. The summed E-state index contributed by atoms with van der Waals surface area (Å²) in [5, 5.41) is 2.88. The fourth-order valence-electron chi connectivity index (χ4n) is 3.62. The van der Waals surface area contributed by atoms with Crippen molar-refractivity contribution in [2.45, 2.75) is 39.2 Å². The van der Waals surface area contributed by atoms with Gasteiger partial charge in [-0.25, -0.2) is 14.1 Å². The summed E-state index contributed by atoms with van der Waals surface area (Å²) in [6.07, 6.45) is 1.55. The molecular weight excluding hydrogens is 347 g/mol. The molecule has 1 aromatic rings. The summed E-state index contributed by atoms with van der Waals surface area (Å²) < 4.78 is 13.1. The number of halogens is 1. The molecule has 3 rings (SSSR count). The molecule has 2 aliphatic rings. The Balaban J connectivity index is 1.54. The number of nitrogens with zero attached hydrogens (tertiary/aromatic N) is 3. The Hall–Kier alpha value is -2.15. The maximum atomic E-state index is 13.1. The van der Waals surface area contributed by atoms with Crippen LogP contribution in [0.5, 0.6) is 0 Å². The highest BCUT2D eigenvalue weighted by molar-refractivity contribution is 6.06. The molecule has 2 saturated heterocycles. The average molecular weight is 376 g/mol. The molecule has 0 aromatic heterocycles. The second-order valence-electron chi connectivity index (χ2n) is 8.15. The number of rotatable bonds is 6. The lowest BCUT2D eigenvalue weighted by atomic mass is 9.92. The van der Waals surface area contributed by atoms with E-state index in [0.29, 0.717) is 19.0 Å². The number of hydrogen-bond donors (Lipinski definition) is 1. The molecule has 0 spiro atoms. The predicted molar refractivity (Wildman–Crippen MR) is 103 cm³/mol. The first-order valence-corrected chi connectivity index (χ1v) is 9.65. The van der Waals surface area contributed by atoms with Crippen molar-refractivity contribution in [1.29, 1.82) is 0 Å². The SMILES string of the molecule is CC(C)CC[C@]1(C)NC(=O)N(CN2CCN(c3ccc(F)cc3)CC2)C1=O. The number of amides is 3. The van der Waals surface area contributed by atoms with Crippen molar-refractivity contribution in [3.05, 3.63) is 30.1 Å². The van der Waals surface area contributed by atoms with Crippen LogP contribution >= 0.6 is 0 Å². The zero-order valence-electron chi connectivity index (χ0n) is 16.4. The van der Waals surface area contributed by atoms with Gasteiger partial charge in [-0.2, -0.15) is 0 Å². The number of nitrogens with one attached hydrogen (secondary N) is 1. The summed E-state index contributed by atoms with van der Waals surface area (Å²) in [5.74, 6) is 0.116. The first-order chi connectivity index (χ1) is 12.8. The van der Waals surface area contributed by atoms with Crippen molar-refractivity contribution >= 4 is 17.6 Å². The normalized spacial score (nSPS) is 24.0. The van der Waals surface area contributed by atoms with Gasteiger partial charge in [0.1, 0.15) is 11.4 Å². The molecule has 0 bridgehead atoms. The molecule has 7 heteroatoms. The van der Waals surface area contributed by atoms with E-state index in [1.807, 2.05) is 6.92 Å². The van der Waals surface area contributed by atoms with Crippen molar-refractivity contribution in [3.63, 3.8) is 0 Å². The van der Waals surface area contributed by atoms with Crippen molar-refractivity contribution in [2.75, 3.05) is 37.7 Å². The van der Waals surface area contributed by atoms with Crippen LogP contribution in [0.2, 0.25) is 0 Å². The number of carbonyl (C=O) groups is 2. The van der Waals surface area contributed by atoms with Gasteiger partial charge in [0.05, 0.1) is 6.67 Å². The molecule has 2 heterocycles. The standard InChI is InChI=1S/C20H29FN4O2/c1-15(2)8-9-20(3)18(26)25(19(27)22-20)14-23-10-12-24(13-11-23)17-6-4-16(21)5-7-17/h4-7,15H,8-14H2,1-3H3,(H,22,27)/t20-/m0/s1. The van der Waals surface area contributed by atoms with Gasteiger partial charge in [-0.05, 0) is 49.9 Å². The van der Waals surface area contributed by atoms with Crippen molar-refractivity contribution in [3.8, 4) is 0 Å². The minimum absolute atomic E-state index is 0.130. The highest BCUT2D eigenvalue weighted by Crippen LogP contribution is 2.25. The maximum Gasteiger partial charge on any atom is 0.326 e. The molecule has 0 saturated carbocycles. The number of imide groups is 1. The zero-order valence-corrected chi connectivity index (χ0v) is 16.4. The number of piperazine rings is 1. The van der Waals surface area contributed by atoms with E-state index in [9.17, 15) is 14.0 Å². The highest BCUT2D eigenvalue weighted by Gasteiger charge is 2.47. The Bertz CT molecular complexity index is 686. The van der Waals surface area contributed by atoms with Gasteiger partial charge in [0.2, 0.25) is 0 Å². The van der Waals surface area contributed by atoms with Gasteiger partial charge >= 0.3 is 6.03 Å². The third-order valence-electron chi connectivity index (χ3n) is 5.47. The number of urea groups is 1. The van der Waals surface area contributed by atoms with Crippen molar-refractivity contribution in [1.82, 2.24) is 15.1 Å². The van der Waals surface area contributed by atoms with Crippen LogP contribution in [-0.4, -0.2) is 60.1 Å². The lowest BCUT2D eigenvalue weighted by Crippen LogP contribution is -2.52. The second-order valence-corrected chi connectivity index (χ2v) is 8.15. The Kier molecular flexibility index (Phi) is 5.69. The fourth-order valence-corrected chi connectivity index (χ4v) is 3.62. The van der Waals surface area contributed by atoms with Crippen LogP contribution in [0.3, 0.4) is 0 Å². The molecule has 1 aromatic carbocycles. The summed E-state index contributed by atoms with van der Waals surface area (Å²) in [6.45, 7) is 9.42. The fraction of sp³-hybridized carbons (Fsp3) is 0.600. The summed E-state index contributed by atoms with van der Waals surface area (Å²) >= 11 is 0. The van der Waals surface area contributed by atoms with Crippen LogP contribution < -0.4 is 10.2 Å². The van der Waals surface area contributed by atoms with Crippen LogP contribution in [-0.2, 0) is 4.79 Å². The van der Waals surface area contributed by atoms with Gasteiger partial charge < -0.3 is 10.2 Å². The van der Waals surface area contributed by atoms with Gasteiger partial charge in [0.25, 0.3) is 5.91 Å². The van der Waals surface area contributed by atoms with Gasteiger partial charge in [-0.15, -0.1) is 0 Å². The molecule has 6 nitrogen and oxygen atoms in total. The molecule has 148 valence electrons. The lowest BCUT2D eigenvalue weighted by Gasteiger charge is -2.37. The van der Waals surface area contributed by atoms with Gasteiger partial charge in [0, 0.05) is 31.9 Å². The van der Waals surface area contributed by atoms with E-state index in [1.54, 1.807) is 12.1 Å². The molecule has 2 aliphatic heterocycles. The zero-order chi connectivity index (χ0) is 19.6. The molecular formula is C20H29FN4O2. The Morgan fingerprint density at radius 1 is 1.11 bits per heavy atom. The van der Waals surface area contributed by atoms with Crippen LogP contribution in [0.25, 0.3) is 0 Å². The van der Waals surface area contributed by atoms with E-state index in [1.165, 1.54) is 17.0 Å². The molecule has 3 amide bonds. The highest BCUT2D eigenvalue weighted by atomic mass is 19.1. The monoisotopic (exact) mass is 376 g/mol. The van der Waals surface area contributed by atoms with E-state index in [2.05, 4.69) is 29.0 Å². The summed E-state index contributed by atoms with van der Waals surface area (Å²) in [4.78, 5) is 30.8. The van der Waals surface area contributed by atoms with Gasteiger partial charge in [-0.3, -0.25) is 9.69 Å². The summed E-state index contributed by atoms with van der Waals surface area (Å²) in [5.41, 5.74) is 0.199. The van der Waals surface area contributed by atoms with Gasteiger partial charge in [0.15, 0.2) is 0 Å². The first-order valence-electron chi connectivity index (χ1n) is 9.65. The van der Waals surface area contributed by atoms with Crippen LogP contribution in [0.4, 0.5) is 14.9 Å². The minimum atomic E-state index is -0.794. The van der Waals surface area contributed by atoms with Crippen LogP contribution in [0.15, 0.2) is 24.3 Å². The number of benzene rings is 1. The van der Waals surface area contributed by atoms with Crippen LogP contribution in [0, 0.1) is 11.7 Å². The quantitative estimate of drug-likeness (QED) is 0.776. The molecule has 1 N–H and O–H groups in total. The molecule has 0 unspecified atom stereocenters. The smallest absolute Gasteiger partial charge is 0.326 e. The maximum absolute atomic E-state index is 13.1. The Labute approximate surface area is 160 Å². The topological polar surface area (TPSA) is 55.9 Å². The lowest BCUT2D eigenvalue weighted by molar-refractivity contribution is -0.132. The summed E-state index contributed by atoms with van der Waals surface area (Å²) in [7, 11) is 0. The number of hydrogen-bond acceptors (Lipinski definition) is 4. The van der Waals surface area contributed by atoms with E-state index in [-0.39, 0.29) is 17.8 Å². The minimum Gasteiger partial charge on any atom is -0.369 e. The third-order valence-corrected chi connectivity index (χ3v) is 5.47. The van der Waals surface area contributed by atoms with Crippen molar-refractivity contribution < 1.29 is 14.0 Å². The molecule has 0 radical (unpaired) electrons. The molecule has 1 atom stereocenters. The van der Waals surface area contributed by atoms with E-state index >= 15 is 0 Å². The van der Waals surface area contributed by atoms with E-state index < -0.39 is 5.54 Å². The van der Waals surface area contributed by atoms with E-state index in [0.717, 1.165) is 38.3 Å². The van der Waals surface area contributed by atoms with E-state index in [4.69, 9.17) is 0 Å².